The molecule has 1 aromatic heterocycles. The van der Waals surface area contributed by atoms with Crippen LogP contribution in [0.25, 0.3) is 21.8 Å². The van der Waals surface area contributed by atoms with Gasteiger partial charge < -0.3 is 14.6 Å². The highest BCUT2D eigenvalue weighted by molar-refractivity contribution is 6.10. The molecule has 0 aliphatic carbocycles. The van der Waals surface area contributed by atoms with E-state index in [-0.39, 0.29) is 17.9 Å². The maximum absolute atomic E-state index is 13.3. The number of aromatic nitrogens is 1. The van der Waals surface area contributed by atoms with Crippen molar-refractivity contribution in [1.82, 2.24) is 9.47 Å². The average Bonchev–Trinajstić information content (AvgIpc) is 3.11. The van der Waals surface area contributed by atoms with Gasteiger partial charge in [-0.3, -0.25) is 4.79 Å². The standard InChI is InChI=1S/C27H28N2O2/c1-28-24-10-6-5-9-22(24)23-17-21(11-12-25(23)28)26(31)29-15-13-27(19-30,14-16-29)18-20-7-3-2-4-8-20/h2-12,17,30H,13-16,18-19H2,1H3. The fraction of sp³-hybridized carbons (Fsp3) is 0.296. The van der Waals surface area contributed by atoms with Crippen molar-refractivity contribution in [2.75, 3.05) is 19.7 Å². The van der Waals surface area contributed by atoms with Crippen LogP contribution in [0.4, 0.5) is 0 Å². The predicted octanol–water partition coefficient (Wildman–Crippen LogP) is 4.79. The molecular formula is C27H28N2O2. The second-order valence-electron chi connectivity index (χ2n) is 8.92. The molecule has 1 saturated heterocycles. The molecule has 0 bridgehead atoms. The number of piperidine rings is 1. The smallest absolute Gasteiger partial charge is 0.253 e. The average molecular weight is 413 g/mol. The molecular weight excluding hydrogens is 384 g/mol. The molecule has 1 N–H and O–H groups in total. The van der Waals surface area contributed by atoms with Crippen LogP contribution in [0.5, 0.6) is 0 Å². The molecule has 4 heteroatoms. The van der Waals surface area contributed by atoms with E-state index >= 15 is 0 Å². The summed E-state index contributed by atoms with van der Waals surface area (Å²) < 4.78 is 2.18. The van der Waals surface area contributed by atoms with Gasteiger partial charge in [0, 0.05) is 59.5 Å². The molecule has 0 atom stereocenters. The lowest BCUT2D eigenvalue weighted by Crippen LogP contribution is -2.45. The van der Waals surface area contributed by atoms with Crippen LogP contribution in [-0.4, -0.2) is 40.2 Å². The molecule has 2 heterocycles. The zero-order valence-electron chi connectivity index (χ0n) is 17.9. The molecule has 5 rings (SSSR count). The van der Waals surface area contributed by atoms with Gasteiger partial charge >= 0.3 is 0 Å². The summed E-state index contributed by atoms with van der Waals surface area (Å²) in [6.07, 6.45) is 2.50. The fourth-order valence-electron chi connectivity index (χ4n) is 5.09. The third kappa shape index (κ3) is 3.51. The van der Waals surface area contributed by atoms with E-state index in [9.17, 15) is 9.90 Å². The number of carbonyl (C=O) groups excluding carboxylic acids is 1. The van der Waals surface area contributed by atoms with Gasteiger partial charge in [-0.2, -0.15) is 0 Å². The van der Waals surface area contributed by atoms with Crippen molar-refractivity contribution >= 4 is 27.7 Å². The van der Waals surface area contributed by atoms with Gasteiger partial charge in [-0.1, -0.05) is 48.5 Å². The highest BCUT2D eigenvalue weighted by atomic mass is 16.3. The Bertz CT molecular complexity index is 1230. The molecule has 3 aromatic carbocycles. The van der Waals surface area contributed by atoms with Gasteiger partial charge in [0.05, 0.1) is 0 Å². The van der Waals surface area contributed by atoms with Crippen molar-refractivity contribution < 1.29 is 9.90 Å². The molecule has 4 nitrogen and oxygen atoms in total. The lowest BCUT2D eigenvalue weighted by Gasteiger charge is -2.41. The van der Waals surface area contributed by atoms with Crippen LogP contribution in [0.2, 0.25) is 0 Å². The number of amides is 1. The Balaban J connectivity index is 1.36. The van der Waals surface area contributed by atoms with Crippen molar-refractivity contribution in [1.29, 1.82) is 0 Å². The van der Waals surface area contributed by atoms with Gasteiger partial charge in [-0.25, -0.2) is 0 Å². The largest absolute Gasteiger partial charge is 0.396 e. The molecule has 0 spiro atoms. The van der Waals surface area contributed by atoms with Gasteiger partial charge in [0.25, 0.3) is 5.91 Å². The highest BCUT2D eigenvalue weighted by Crippen LogP contribution is 2.36. The lowest BCUT2D eigenvalue weighted by atomic mass is 9.74. The number of benzene rings is 3. The zero-order valence-corrected chi connectivity index (χ0v) is 17.9. The summed E-state index contributed by atoms with van der Waals surface area (Å²) in [4.78, 5) is 15.3. The summed E-state index contributed by atoms with van der Waals surface area (Å²) in [6.45, 7) is 1.52. The second kappa shape index (κ2) is 7.86. The first-order valence-electron chi connectivity index (χ1n) is 11.0. The minimum atomic E-state index is -0.141. The monoisotopic (exact) mass is 412 g/mol. The molecule has 31 heavy (non-hydrogen) atoms. The van der Waals surface area contributed by atoms with E-state index < -0.39 is 0 Å². The number of aryl methyl sites for hydroxylation is 1. The summed E-state index contributed by atoms with van der Waals surface area (Å²) in [5.41, 5.74) is 4.16. The summed E-state index contributed by atoms with van der Waals surface area (Å²) in [6, 6.07) is 24.7. The van der Waals surface area contributed by atoms with E-state index in [1.165, 1.54) is 16.5 Å². The Morgan fingerprint density at radius 3 is 2.32 bits per heavy atom. The first-order valence-corrected chi connectivity index (χ1v) is 11.0. The van der Waals surface area contributed by atoms with E-state index in [1.807, 2.05) is 47.4 Å². The topological polar surface area (TPSA) is 45.5 Å². The highest BCUT2D eigenvalue weighted by Gasteiger charge is 2.35. The molecule has 0 unspecified atom stereocenters. The molecule has 1 amide bonds. The molecule has 1 aliphatic rings. The Labute approximate surface area is 182 Å². The van der Waals surface area contributed by atoms with Gasteiger partial charge in [-0.15, -0.1) is 0 Å². The number of carbonyl (C=O) groups is 1. The SMILES string of the molecule is Cn1c2ccccc2c2cc(C(=O)N3CCC(CO)(Cc4ccccc4)CC3)ccc21. The van der Waals surface area contributed by atoms with Gasteiger partial charge in [-0.05, 0) is 49.1 Å². The van der Waals surface area contributed by atoms with E-state index in [1.54, 1.807) is 0 Å². The van der Waals surface area contributed by atoms with Crippen molar-refractivity contribution in [3.05, 3.63) is 83.9 Å². The van der Waals surface area contributed by atoms with Crippen molar-refractivity contribution in [2.24, 2.45) is 12.5 Å². The Morgan fingerprint density at radius 2 is 1.58 bits per heavy atom. The first-order chi connectivity index (χ1) is 15.1. The van der Waals surface area contributed by atoms with Gasteiger partial charge in [0.2, 0.25) is 0 Å². The first kappa shape index (κ1) is 19.8. The van der Waals surface area contributed by atoms with Crippen LogP contribution < -0.4 is 0 Å². The van der Waals surface area contributed by atoms with E-state index in [4.69, 9.17) is 0 Å². The fourth-order valence-corrected chi connectivity index (χ4v) is 5.09. The van der Waals surface area contributed by atoms with Crippen molar-refractivity contribution in [3.63, 3.8) is 0 Å². The molecule has 1 aliphatic heterocycles. The van der Waals surface area contributed by atoms with Crippen LogP contribution in [0.15, 0.2) is 72.8 Å². The Hall–Kier alpha value is -3.11. The molecule has 4 aromatic rings. The normalized spacial score (nSPS) is 16.1. The Morgan fingerprint density at radius 1 is 0.903 bits per heavy atom. The number of likely N-dealkylation sites (tertiary alicyclic amines) is 1. The third-order valence-corrected chi connectivity index (χ3v) is 7.03. The summed E-state index contributed by atoms with van der Waals surface area (Å²) in [5.74, 6) is 0.0843. The lowest BCUT2D eigenvalue weighted by molar-refractivity contribution is 0.0358. The summed E-state index contributed by atoms with van der Waals surface area (Å²) in [5, 5.41) is 12.5. The van der Waals surface area contributed by atoms with Crippen LogP contribution >= 0.6 is 0 Å². The number of para-hydroxylation sites is 1. The van der Waals surface area contributed by atoms with E-state index in [0.29, 0.717) is 13.1 Å². The van der Waals surface area contributed by atoms with Gasteiger partial charge in [0.1, 0.15) is 0 Å². The second-order valence-corrected chi connectivity index (χ2v) is 8.92. The number of aliphatic hydroxyl groups excluding tert-OH is 1. The predicted molar refractivity (Wildman–Crippen MR) is 125 cm³/mol. The number of aliphatic hydroxyl groups is 1. The van der Waals surface area contributed by atoms with Gasteiger partial charge in [0.15, 0.2) is 0 Å². The minimum absolute atomic E-state index is 0.0843. The number of fused-ring (bicyclic) bond motifs is 3. The minimum Gasteiger partial charge on any atom is -0.396 e. The number of nitrogens with zero attached hydrogens (tertiary/aromatic N) is 2. The maximum atomic E-state index is 13.3. The number of hydrogen-bond acceptors (Lipinski definition) is 2. The quantitative estimate of drug-likeness (QED) is 0.524. The molecule has 0 saturated carbocycles. The van der Waals surface area contributed by atoms with Crippen molar-refractivity contribution in [2.45, 2.75) is 19.3 Å². The molecule has 158 valence electrons. The maximum Gasteiger partial charge on any atom is 0.253 e. The zero-order chi connectivity index (χ0) is 21.4. The summed E-state index contributed by atoms with van der Waals surface area (Å²) in [7, 11) is 2.07. The van der Waals surface area contributed by atoms with Crippen LogP contribution in [0, 0.1) is 5.41 Å². The molecule has 1 fully saturated rings. The van der Waals surface area contributed by atoms with E-state index in [0.717, 1.165) is 35.7 Å². The Kier molecular flexibility index (Phi) is 5.03. The van der Waals surface area contributed by atoms with Crippen LogP contribution in [0.1, 0.15) is 28.8 Å². The number of rotatable bonds is 4. The van der Waals surface area contributed by atoms with Crippen LogP contribution in [0.3, 0.4) is 0 Å². The molecule has 0 radical (unpaired) electrons. The number of hydrogen-bond donors (Lipinski definition) is 1. The van der Waals surface area contributed by atoms with E-state index in [2.05, 4.69) is 41.9 Å². The summed E-state index contributed by atoms with van der Waals surface area (Å²) >= 11 is 0. The van der Waals surface area contributed by atoms with Crippen molar-refractivity contribution in [3.8, 4) is 0 Å². The van der Waals surface area contributed by atoms with Crippen LogP contribution in [-0.2, 0) is 13.5 Å². The third-order valence-electron chi connectivity index (χ3n) is 7.03.